The van der Waals surface area contributed by atoms with Crippen LogP contribution in [0.25, 0.3) is 0 Å². The monoisotopic (exact) mass is 318 g/mol. The fourth-order valence-corrected chi connectivity index (χ4v) is 1.87. The van der Waals surface area contributed by atoms with Gasteiger partial charge in [0.1, 0.15) is 0 Å². The maximum Gasteiger partial charge on any atom is 0.340 e. The number of nitrogen functional groups attached to an aromatic ring is 1. The second-order valence-electron chi connectivity index (χ2n) is 4.30. The van der Waals surface area contributed by atoms with Crippen molar-refractivity contribution in [3.05, 3.63) is 27.7 Å². The molecule has 0 aliphatic carbocycles. The number of ether oxygens (including phenoxy) is 1. The Morgan fingerprint density at radius 2 is 2.05 bits per heavy atom. The first kappa shape index (κ1) is 16.6. The molecule has 20 heavy (non-hydrogen) atoms. The van der Waals surface area contributed by atoms with Crippen molar-refractivity contribution in [3.8, 4) is 0 Å². The van der Waals surface area contributed by atoms with E-state index in [4.69, 9.17) is 33.7 Å². The maximum absolute atomic E-state index is 11.8. The zero-order valence-electron chi connectivity index (χ0n) is 11.2. The lowest BCUT2D eigenvalue weighted by atomic mass is 10.2. The third kappa shape index (κ3) is 4.58. The molecule has 0 saturated heterocycles. The topological polar surface area (TPSA) is 81.4 Å². The minimum absolute atomic E-state index is 0.0203. The molecule has 1 amide bonds. The quantitative estimate of drug-likeness (QED) is 0.646. The van der Waals surface area contributed by atoms with Crippen molar-refractivity contribution >= 4 is 40.8 Å². The van der Waals surface area contributed by atoms with Crippen molar-refractivity contribution in [2.75, 3.05) is 12.3 Å². The lowest BCUT2D eigenvalue weighted by molar-refractivity contribution is -0.124. The highest BCUT2D eigenvalue weighted by atomic mass is 35.5. The molecule has 7 heteroatoms. The first-order valence-electron chi connectivity index (χ1n) is 6.06. The molecular formula is C13H16Cl2N2O3. The number of rotatable bonds is 5. The van der Waals surface area contributed by atoms with Gasteiger partial charge in [-0.25, -0.2) is 4.79 Å². The Morgan fingerprint density at radius 3 is 2.65 bits per heavy atom. The van der Waals surface area contributed by atoms with Crippen LogP contribution in [0.4, 0.5) is 5.69 Å². The number of benzene rings is 1. The van der Waals surface area contributed by atoms with Gasteiger partial charge in [-0.3, -0.25) is 4.79 Å². The number of esters is 1. The molecule has 3 N–H and O–H groups in total. The predicted octanol–water partition coefficient (Wildman–Crippen LogP) is 2.65. The predicted molar refractivity (Wildman–Crippen MR) is 79.1 cm³/mol. The molecule has 0 fully saturated rings. The average Bonchev–Trinajstić information content (AvgIpc) is 2.39. The Kier molecular flexibility index (Phi) is 6.10. The number of anilines is 1. The van der Waals surface area contributed by atoms with Crippen LogP contribution in [0.15, 0.2) is 12.1 Å². The lowest BCUT2D eigenvalue weighted by Gasteiger charge is -2.12. The van der Waals surface area contributed by atoms with Crippen LogP contribution < -0.4 is 11.1 Å². The van der Waals surface area contributed by atoms with Gasteiger partial charge in [0.25, 0.3) is 5.91 Å². The third-order valence-corrected chi connectivity index (χ3v) is 3.20. The molecule has 0 unspecified atom stereocenters. The number of halogens is 2. The van der Waals surface area contributed by atoms with Crippen LogP contribution in [-0.2, 0) is 9.53 Å². The molecule has 0 heterocycles. The summed E-state index contributed by atoms with van der Waals surface area (Å²) < 4.78 is 4.88. The highest BCUT2D eigenvalue weighted by Gasteiger charge is 2.16. The molecule has 110 valence electrons. The number of hydrogen-bond acceptors (Lipinski definition) is 4. The van der Waals surface area contributed by atoms with E-state index in [1.54, 1.807) is 0 Å². The Balaban J connectivity index is 2.66. The minimum atomic E-state index is -0.744. The summed E-state index contributed by atoms with van der Waals surface area (Å²) in [4.78, 5) is 23.3. The average molecular weight is 319 g/mol. The van der Waals surface area contributed by atoms with E-state index in [1.165, 1.54) is 12.1 Å². The zero-order valence-corrected chi connectivity index (χ0v) is 12.7. The zero-order chi connectivity index (χ0) is 15.3. The van der Waals surface area contributed by atoms with Gasteiger partial charge in [0.05, 0.1) is 16.3 Å². The number of carbonyl (C=O) groups excluding carboxylic acids is 2. The molecule has 0 bridgehead atoms. The lowest BCUT2D eigenvalue weighted by Crippen LogP contribution is -2.35. The van der Waals surface area contributed by atoms with Crippen LogP contribution in [0.3, 0.4) is 0 Å². The van der Waals surface area contributed by atoms with Gasteiger partial charge in [0.15, 0.2) is 6.61 Å². The normalized spacial score (nSPS) is 11.8. The van der Waals surface area contributed by atoms with Crippen LogP contribution in [0.2, 0.25) is 10.0 Å². The summed E-state index contributed by atoms with van der Waals surface area (Å²) in [5.74, 6) is -1.12. The summed E-state index contributed by atoms with van der Waals surface area (Å²) >= 11 is 11.6. The van der Waals surface area contributed by atoms with Crippen LogP contribution in [-0.4, -0.2) is 24.5 Å². The van der Waals surface area contributed by atoms with Crippen molar-refractivity contribution in [2.45, 2.75) is 26.3 Å². The van der Waals surface area contributed by atoms with Gasteiger partial charge in [-0.1, -0.05) is 30.1 Å². The van der Waals surface area contributed by atoms with E-state index in [2.05, 4.69) is 5.32 Å². The molecule has 0 aliphatic heterocycles. The molecule has 1 atom stereocenters. The van der Waals surface area contributed by atoms with E-state index in [0.717, 1.165) is 6.42 Å². The molecule has 0 spiro atoms. The summed E-state index contributed by atoms with van der Waals surface area (Å²) in [5, 5.41) is 3.10. The highest BCUT2D eigenvalue weighted by Crippen LogP contribution is 2.27. The summed E-state index contributed by atoms with van der Waals surface area (Å²) in [7, 11) is 0. The van der Waals surface area contributed by atoms with Crippen LogP contribution in [0.5, 0.6) is 0 Å². The van der Waals surface area contributed by atoms with Crippen molar-refractivity contribution in [1.82, 2.24) is 5.32 Å². The van der Waals surface area contributed by atoms with Crippen molar-refractivity contribution < 1.29 is 14.3 Å². The summed E-state index contributed by atoms with van der Waals surface area (Å²) in [6.45, 7) is 3.41. The molecule has 0 saturated carbocycles. The fraction of sp³-hybridized carbons (Fsp3) is 0.385. The highest BCUT2D eigenvalue weighted by molar-refractivity contribution is 6.37. The van der Waals surface area contributed by atoms with Gasteiger partial charge < -0.3 is 15.8 Å². The van der Waals surface area contributed by atoms with E-state index in [1.807, 2.05) is 13.8 Å². The Morgan fingerprint density at radius 1 is 1.40 bits per heavy atom. The smallest absolute Gasteiger partial charge is 0.340 e. The Hall–Kier alpha value is -1.46. The summed E-state index contributed by atoms with van der Waals surface area (Å²) in [5.41, 5.74) is 5.78. The second-order valence-corrected chi connectivity index (χ2v) is 5.15. The SMILES string of the molecule is CC[C@@H](C)NC(=O)COC(=O)c1cc(Cl)cc(Cl)c1N. The van der Waals surface area contributed by atoms with E-state index in [-0.39, 0.29) is 39.9 Å². The molecule has 0 radical (unpaired) electrons. The first-order chi connectivity index (χ1) is 9.35. The number of carbonyl (C=O) groups is 2. The number of nitrogens with two attached hydrogens (primary N) is 1. The molecule has 1 aromatic carbocycles. The minimum Gasteiger partial charge on any atom is -0.452 e. The van der Waals surface area contributed by atoms with Gasteiger partial charge in [0.2, 0.25) is 0 Å². The van der Waals surface area contributed by atoms with Crippen molar-refractivity contribution in [2.24, 2.45) is 0 Å². The number of nitrogens with one attached hydrogen (secondary N) is 1. The van der Waals surface area contributed by atoms with Gasteiger partial charge in [-0.15, -0.1) is 0 Å². The first-order valence-corrected chi connectivity index (χ1v) is 6.81. The van der Waals surface area contributed by atoms with Gasteiger partial charge >= 0.3 is 5.97 Å². The standard InChI is InChI=1S/C13H16Cl2N2O3/c1-3-7(2)17-11(18)6-20-13(19)9-4-8(14)5-10(15)12(9)16/h4-5,7H,3,6,16H2,1-2H3,(H,17,18)/t7-/m1/s1. The fourth-order valence-electron chi connectivity index (χ4n) is 1.38. The molecule has 0 aromatic heterocycles. The van der Waals surface area contributed by atoms with Crippen LogP contribution in [0, 0.1) is 0 Å². The van der Waals surface area contributed by atoms with Crippen LogP contribution >= 0.6 is 23.2 Å². The molecule has 1 aromatic rings. The van der Waals surface area contributed by atoms with E-state index >= 15 is 0 Å². The number of amides is 1. The van der Waals surface area contributed by atoms with E-state index < -0.39 is 5.97 Å². The van der Waals surface area contributed by atoms with Crippen molar-refractivity contribution in [1.29, 1.82) is 0 Å². The maximum atomic E-state index is 11.8. The van der Waals surface area contributed by atoms with Gasteiger partial charge in [-0.2, -0.15) is 0 Å². The van der Waals surface area contributed by atoms with Crippen LogP contribution in [0.1, 0.15) is 30.6 Å². The molecule has 1 rings (SSSR count). The Bertz CT molecular complexity index is 521. The van der Waals surface area contributed by atoms with E-state index in [0.29, 0.717) is 0 Å². The molecule has 0 aliphatic rings. The molecule has 5 nitrogen and oxygen atoms in total. The number of hydrogen-bond donors (Lipinski definition) is 2. The second kappa shape index (κ2) is 7.36. The molecular weight excluding hydrogens is 303 g/mol. The van der Waals surface area contributed by atoms with Gasteiger partial charge in [-0.05, 0) is 25.5 Å². The van der Waals surface area contributed by atoms with Crippen molar-refractivity contribution in [3.63, 3.8) is 0 Å². The van der Waals surface area contributed by atoms with Gasteiger partial charge in [0, 0.05) is 11.1 Å². The van der Waals surface area contributed by atoms with E-state index in [9.17, 15) is 9.59 Å². The Labute approximate surface area is 127 Å². The summed E-state index contributed by atoms with van der Waals surface area (Å²) in [6.07, 6.45) is 0.788. The summed E-state index contributed by atoms with van der Waals surface area (Å²) in [6, 6.07) is 2.79. The third-order valence-electron chi connectivity index (χ3n) is 2.67. The largest absolute Gasteiger partial charge is 0.452 e.